The van der Waals surface area contributed by atoms with Gasteiger partial charge in [-0.2, -0.15) is 0 Å². The number of carbonyl (C=O) groups is 1. The van der Waals surface area contributed by atoms with Crippen molar-refractivity contribution in [1.29, 1.82) is 0 Å². The summed E-state index contributed by atoms with van der Waals surface area (Å²) in [6.07, 6.45) is -1.79. The Balaban J connectivity index is 1.44. The minimum atomic E-state index is -1.61. The van der Waals surface area contributed by atoms with Gasteiger partial charge in [0.05, 0.1) is 19.8 Å². The standard InChI is InChI=1S/C24H29NO6/c1-23(2)30-17-24(27)21(31-23)20(29-16-19-11-7-4-8-12-19)22(26)25(24)13-14-28-15-18-9-5-3-6-10-18/h3-12,20-21,27H,13-17H2,1-2H3/t20-,21-,24+/m0/s1. The molecule has 2 aliphatic heterocycles. The molecule has 2 saturated heterocycles. The van der Waals surface area contributed by atoms with Crippen molar-refractivity contribution in [1.82, 2.24) is 4.90 Å². The van der Waals surface area contributed by atoms with Crippen molar-refractivity contribution in [2.24, 2.45) is 0 Å². The quantitative estimate of drug-likeness (QED) is 0.653. The molecule has 0 aromatic heterocycles. The van der Waals surface area contributed by atoms with Gasteiger partial charge in [-0.1, -0.05) is 60.7 Å². The van der Waals surface area contributed by atoms with Crippen LogP contribution in [0.4, 0.5) is 0 Å². The zero-order chi connectivity index (χ0) is 21.9. The lowest BCUT2D eigenvalue weighted by atomic mass is 10.0. The maximum absolute atomic E-state index is 13.2. The van der Waals surface area contributed by atoms with Gasteiger partial charge in [0.15, 0.2) is 17.6 Å². The van der Waals surface area contributed by atoms with Gasteiger partial charge in [0, 0.05) is 6.54 Å². The maximum atomic E-state index is 13.2. The first-order valence-corrected chi connectivity index (χ1v) is 10.5. The first-order chi connectivity index (χ1) is 14.9. The fraction of sp³-hybridized carbons (Fsp3) is 0.458. The van der Waals surface area contributed by atoms with Crippen LogP contribution in [0, 0.1) is 0 Å². The Morgan fingerprint density at radius 3 is 2.29 bits per heavy atom. The van der Waals surface area contributed by atoms with Gasteiger partial charge in [0.2, 0.25) is 0 Å². The van der Waals surface area contributed by atoms with E-state index in [4.69, 9.17) is 18.9 Å². The highest BCUT2D eigenvalue weighted by atomic mass is 16.7. The van der Waals surface area contributed by atoms with Crippen LogP contribution in [-0.4, -0.2) is 59.4 Å². The fourth-order valence-corrected chi connectivity index (χ4v) is 3.95. The monoisotopic (exact) mass is 427 g/mol. The van der Waals surface area contributed by atoms with Crippen molar-refractivity contribution < 1.29 is 28.8 Å². The molecule has 2 aliphatic rings. The second-order valence-electron chi connectivity index (χ2n) is 8.35. The van der Waals surface area contributed by atoms with Gasteiger partial charge in [-0.3, -0.25) is 4.79 Å². The third-order valence-corrected chi connectivity index (χ3v) is 5.59. The normalized spacial score (nSPS) is 27.3. The largest absolute Gasteiger partial charge is 0.375 e. The second-order valence-corrected chi connectivity index (χ2v) is 8.35. The highest BCUT2D eigenvalue weighted by Gasteiger charge is 2.63. The van der Waals surface area contributed by atoms with Crippen molar-refractivity contribution in [2.45, 2.75) is 50.8 Å². The van der Waals surface area contributed by atoms with Crippen molar-refractivity contribution in [2.75, 3.05) is 19.8 Å². The molecule has 4 rings (SSSR count). The minimum absolute atomic E-state index is 0.0553. The summed E-state index contributed by atoms with van der Waals surface area (Å²) in [5.74, 6) is -1.25. The number of hydrogen-bond acceptors (Lipinski definition) is 6. The average molecular weight is 427 g/mol. The summed E-state index contributed by atoms with van der Waals surface area (Å²) in [6, 6.07) is 19.4. The minimum Gasteiger partial charge on any atom is -0.375 e. The molecule has 1 N–H and O–H groups in total. The molecule has 2 aromatic rings. The van der Waals surface area contributed by atoms with Crippen LogP contribution in [0.25, 0.3) is 0 Å². The number of aliphatic hydroxyl groups is 1. The molecule has 1 amide bonds. The number of rotatable bonds is 8. The van der Waals surface area contributed by atoms with Gasteiger partial charge in [0.25, 0.3) is 5.91 Å². The lowest BCUT2D eigenvalue weighted by Gasteiger charge is -2.45. The molecule has 166 valence electrons. The zero-order valence-electron chi connectivity index (χ0n) is 17.9. The summed E-state index contributed by atoms with van der Waals surface area (Å²) in [5.41, 5.74) is 0.376. The van der Waals surface area contributed by atoms with Crippen LogP contribution < -0.4 is 0 Å². The Morgan fingerprint density at radius 2 is 1.65 bits per heavy atom. The number of hydrogen-bond donors (Lipinski definition) is 1. The van der Waals surface area contributed by atoms with Crippen molar-refractivity contribution in [3.63, 3.8) is 0 Å². The zero-order valence-corrected chi connectivity index (χ0v) is 17.9. The summed E-state index contributed by atoms with van der Waals surface area (Å²) in [7, 11) is 0. The molecule has 0 spiro atoms. The second kappa shape index (κ2) is 9.06. The number of nitrogens with zero attached hydrogens (tertiary/aromatic N) is 1. The van der Waals surface area contributed by atoms with Crippen LogP contribution in [0.15, 0.2) is 60.7 Å². The number of ether oxygens (including phenoxy) is 4. The summed E-state index contributed by atoms with van der Waals surface area (Å²) < 4.78 is 23.4. The summed E-state index contributed by atoms with van der Waals surface area (Å²) in [6.45, 7) is 4.61. The van der Waals surface area contributed by atoms with Crippen LogP contribution >= 0.6 is 0 Å². The Hall–Kier alpha value is -2.29. The molecule has 0 bridgehead atoms. The Labute approximate surface area is 182 Å². The predicted molar refractivity (Wildman–Crippen MR) is 113 cm³/mol. The van der Waals surface area contributed by atoms with E-state index >= 15 is 0 Å². The van der Waals surface area contributed by atoms with Gasteiger partial charge in [0.1, 0.15) is 12.7 Å². The Morgan fingerprint density at radius 1 is 1.03 bits per heavy atom. The number of likely N-dealkylation sites (tertiary alicyclic amines) is 1. The van der Waals surface area contributed by atoms with E-state index in [2.05, 4.69) is 0 Å². The van der Waals surface area contributed by atoms with Gasteiger partial charge >= 0.3 is 0 Å². The maximum Gasteiger partial charge on any atom is 0.257 e. The molecule has 7 nitrogen and oxygen atoms in total. The summed E-state index contributed by atoms with van der Waals surface area (Å²) in [4.78, 5) is 14.6. The number of fused-ring (bicyclic) bond motifs is 1. The molecule has 0 aliphatic carbocycles. The van der Waals surface area contributed by atoms with E-state index in [1.54, 1.807) is 13.8 Å². The van der Waals surface area contributed by atoms with E-state index in [0.717, 1.165) is 11.1 Å². The third kappa shape index (κ3) is 4.81. The lowest BCUT2D eigenvalue weighted by Crippen LogP contribution is -2.63. The molecule has 2 fully saturated rings. The van der Waals surface area contributed by atoms with E-state index < -0.39 is 23.7 Å². The summed E-state index contributed by atoms with van der Waals surface area (Å²) in [5, 5.41) is 11.4. The van der Waals surface area contributed by atoms with Crippen LogP contribution in [0.2, 0.25) is 0 Å². The topological polar surface area (TPSA) is 77.5 Å². The smallest absolute Gasteiger partial charge is 0.257 e. The van der Waals surface area contributed by atoms with Gasteiger partial charge in [-0.15, -0.1) is 0 Å². The number of amides is 1. The number of benzene rings is 2. The first kappa shape index (κ1) is 21.9. The highest BCUT2D eigenvalue weighted by molar-refractivity contribution is 5.85. The molecule has 31 heavy (non-hydrogen) atoms. The fourth-order valence-electron chi connectivity index (χ4n) is 3.95. The molecular formula is C24H29NO6. The van der Waals surface area contributed by atoms with Crippen molar-refractivity contribution in [3.8, 4) is 0 Å². The van der Waals surface area contributed by atoms with Gasteiger partial charge < -0.3 is 29.0 Å². The number of carbonyl (C=O) groups excluding carboxylic acids is 1. The van der Waals surface area contributed by atoms with E-state index in [9.17, 15) is 9.90 Å². The third-order valence-electron chi connectivity index (χ3n) is 5.59. The van der Waals surface area contributed by atoms with E-state index in [-0.39, 0.29) is 32.3 Å². The molecule has 7 heteroatoms. The summed E-state index contributed by atoms with van der Waals surface area (Å²) >= 11 is 0. The van der Waals surface area contributed by atoms with Gasteiger partial charge in [-0.05, 0) is 25.0 Å². The molecule has 0 saturated carbocycles. The van der Waals surface area contributed by atoms with Crippen molar-refractivity contribution in [3.05, 3.63) is 71.8 Å². The molecule has 3 atom stereocenters. The Bertz CT molecular complexity index is 874. The van der Waals surface area contributed by atoms with Crippen LogP contribution in [0.3, 0.4) is 0 Å². The SMILES string of the molecule is CC1(C)OC[C@@]2(O)[C@@H](O1)[C@H](OCc1ccccc1)C(=O)N2CCOCc1ccccc1. The van der Waals surface area contributed by atoms with Crippen LogP contribution in [0.5, 0.6) is 0 Å². The highest BCUT2D eigenvalue weighted by Crippen LogP contribution is 2.40. The predicted octanol–water partition coefficient (Wildman–Crippen LogP) is 2.47. The average Bonchev–Trinajstić information content (AvgIpc) is 2.97. The molecule has 0 radical (unpaired) electrons. The molecule has 2 heterocycles. The van der Waals surface area contributed by atoms with Crippen molar-refractivity contribution >= 4 is 5.91 Å². The van der Waals surface area contributed by atoms with E-state index in [1.165, 1.54) is 4.90 Å². The van der Waals surface area contributed by atoms with Crippen LogP contribution in [-0.2, 0) is 37.0 Å². The lowest BCUT2D eigenvalue weighted by molar-refractivity contribution is -0.356. The first-order valence-electron chi connectivity index (χ1n) is 10.5. The molecular weight excluding hydrogens is 398 g/mol. The van der Waals surface area contributed by atoms with E-state index in [1.807, 2.05) is 60.7 Å². The molecule has 0 unspecified atom stereocenters. The van der Waals surface area contributed by atoms with E-state index in [0.29, 0.717) is 6.61 Å². The van der Waals surface area contributed by atoms with Crippen LogP contribution in [0.1, 0.15) is 25.0 Å². The van der Waals surface area contributed by atoms with Gasteiger partial charge in [-0.25, -0.2) is 0 Å². The molecule has 2 aromatic carbocycles. The Kier molecular flexibility index (Phi) is 6.41.